The van der Waals surface area contributed by atoms with E-state index in [1.807, 2.05) is 0 Å². The van der Waals surface area contributed by atoms with Crippen LogP contribution in [0.2, 0.25) is 0 Å². The number of carbonyl (C=O) groups excluding carboxylic acids is 2. The second-order valence-corrected chi connectivity index (χ2v) is 7.33. The van der Waals surface area contributed by atoms with Crippen LogP contribution >= 0.6 is 11.3 Å². The van der Waals surface area contributed by atoms with Gasteiger partial charge in [-0.15, -0.1) is 11.3 Å². The minimum absolute atomic E-state index is 0.0310. The van der Waals surface area contributed by atoms with Crippen LogP contribution in [0, 0.1) is 6.92 Å². The quantitative estimate of drug-likeness (QED) is 0.441. The Labute approximate surface area is 179 Å². The van der Waals surface area contributed by atoms with Gasteiger partial charge >= 0.3 is 11.9 Å². The molecule has 0 amide bonds. The lowest BCUT2D eigenvalue weighted by Crippen LogP contribution is -2.10. The van der Waals surface area contributed by atoms with E-state index in [9.17, 15) is 9.59 Å². The molecule has 0 atom stereocenters. The molecule has 4 rings (SSSR count). The van der Waals surface area contributed by atoms with E-state index in [0.717, 1.165) is 5.56 Å². The number of hydrogen-bond acceptors (Lipinski definition) is 11. The van der Waals surface area contributed by atoms with Gasteiger partial charge in [0.1, 0.15) is 22.1 Å². The molecule has 0 aromatic carbocycles. The predicted octanol–water partition coefficient (Wildman–Crippen LogP) is 2.50. The van der Waals surface area contributed by atoms with Gasteiger partial charge in [0.25, 0.3) is 0 Å². The summed E-state index contributed by atoms with van der Waals surface area (Å²) in [6.45, 7) is 3.27. The molecule has 2 N–H and O–H groups in total. The highest BCUT2D eigenvalue weighted by molar-refractivity contribution is 7.13. The first-order chi connectivity index (χ1) is 14.9. The molecule has 11 nitrogen and oxygen atoms in total. The van der Waals surface area contributed by atoms with E-state index in [1.54, 1.807) is 43.4 Å². The van der Waals surface area contributed by atoms with Crippen molar-refractivity contribution in [1.82, 2.24) is 24.7 Å². The minimum atomic E-state index is -0.628. The monoisotopic (exact) mass is 442 g/mol. The van der Waals surface area contributed by atoms with Crippen molar-refractivity contribution in [2.75, 3.05) is 12.3 Å². The maximum absolute atomic E-state index is 12.4. The van der Waals surface area contributed by atoms with Crippen molar-refractivity contribution in [2.24, 2.45) is 7.05 Å². The first kappa shape index (κ1) is 20.5. The largest absolute Gasteiger partial charge is 0.462 e. The number of carbonyl (C=O) groups is 2. The molecule has 0 saturated carbocycles. The zero-order chi connectivity index (χ0) is 22.1. The van der Waals surface area contributed by atoms with Crippen LogP contribution in [0.1, 0.15) is 39.4 Å². The number of thiazole rings is 1. The Morgan fingerprint density at radius 3 is 2.74 bits per heavy atom. The smallest absolute Gasteiger partial charge is 0.358 e. The van der Waals surface area contributed by atoms with Crippen LogP contribution in [-0.4, -0.2) is 43.3 Å². The molecule has 0 aliphatic rings. The highest BCUT2D eigenvalue weighted by atomic mass is 32.1. The van der Waals surface area contributed by atoms with Crippen molar-refractivity contribution < 1.29 is 23.5 Å². The molecule has 160 valence electrons. The van der Waals surface area contributed by atoms with Crippen molar-refractivity contribution >= 4 is 40.2 Å². The van der Waals surface area contributed by atoms with E-state index in [-0.39, 0.29) is 47.2 Å². The molecule has 0 saturated heterocycles. The average Bonchev–Trinajstić information content (AvgIpc) is 3.44. The molecule has 31 heavy (non-hydrogen) atoms. The Bertz CT molecular complexity index is 1290. The molecular formula is C19H18N6O5S. The molecule has 12 heteroatoms. The topological polar surface area (TPSA) is 148 Å². The third-order valence-electron chi connectivity index (χ3n) is 4.28. The lowest BCUT2D eigenvalue weighted by atomic mass is 10.2. The fourth-order valence-electron chi connectivity index (χ4n) is 2.93. The molecule has 0 bridgehead atoms. The van der Waals surface area contributed by atoms with Gasteiger partial charge in [0.05, 0.1) is 18.2 Å². The number of nitrogens with two attached hydrogens (primary N) is 1. The Morgan fingerprint density at radius 1 is 1.23 bits per heavy atom. The van der Waals surface area contributed by atoms with Crippen molar-refractivity contribution in [1.29, 1.82) is 0 Å². The van der Waals surface area contributed by atoms with Crippen LogP contribution in [0.3, 0.4) is 0 Å². The Kier molecular flexibility index (Phi) is 5.38. The second kappa shape index (κ2) is 8.14. The molecule has 0 aliphatic carbocycles. The number of furan rings is 1. The Balaban J connectivity index is 1.51. The molecule has 4 aromatic rings. The van der Waals surface area contributed by atoms with Crippen LogP contribution in [0.25, 0.3) is 21.7 Å². The summed E-state index contributed by atoms with van der Waals surface area (Å²) in [6, 6.07) is 0. The third-order valence-corrected chi connectivity index (χ3v) is 5.17. The number of nitrogens with zero attached hydrogens (tertiary/aromatic N) is 5. The van der Waals surface area contributed by atoms with E-state index in [2.05, 4.69) is 20.1 Å². The summed E-state index contributed by atoms with van der Waals surface area (Å²) in [5.74, 6) is -0.722. The molecule has 4 aromatic heterocycles. The van der Waals surface area contributed by atoms with Gasteiger partial charge in [-0.3, -0.25) is 4.68 Å². The first-order valence-corrected chi connectivity index (χ1v) is 10.1. The van der Waals surface area contributed by atoms with Crippen LogP contribution in [0.15, 0.2) is 22.2 Å². The zero-order valence-electron chi connectivity index (χ0n) is 16.9. The SMILES string of the molecule is CCOC(=O)c1c(C)oc2nc(COC(=O)c3csc(-c4cnn(C)c4)n3)nc(N)c12. The molecule has 0 spiro atoms. The fourth-order valence-corrected chi connectivity index (χ4v) is 3.70. The number of rotatable bonds is 6. The maximum Gasteiger partial charge on any atom is 0.358 e. The summed E-state index contributed by atoms with van der Waals surface area (Å²) in [5, 5.41) is 6.61. The summed E-state index contributed by atoms with van der Waals surface area (Å²) in [4.78, 5) is 37.2. The van der Waals surface area contributed by atoms with Gasteiger partial charge in [0.15, 0.2) is 18.1 Å². The Morgan fingerprint density at radius 2 is 2.03 bits per heavy atom. The van der Waals surface area contributed by atoms with Gasteiger partial charge in [-0.25, -0.2) is 19.6 Å². The first-order valence-electron chi connectivity index (χ1n) is 9.21. The molecular weight excluding hydrogens is 424 g/mol. The summed E-state index contributed by atoms with van der Waals surface area (Å²) >= 11 is 1.31. The summed E-state index contributed by atoms with van der Waals surface area (Å²) < 4.78 is 17.5. The van der Waals surface area contributed by atoms with Gasteiger partial charge in [-0.05, 0) is 13.8 Å². The summed E-state index contributed by atoms with van der Waals surface area (Å²) in [5.41, 5.74) is 7.28. The summed E-state index contributed by atoms with van der Waals surface area (Å²) in [7, 11) is 1.80. The van der Waals surface area contributed by atoms with Gasteiger partial charge in [0.2, 0.25) is 5.71 Å². The van der Waals surface area contributed by atoms with Gasteiger partial charge in [0, 0.05) is 24.2 Å². The van der Waals surface area contributed by atoms with Crippen molar-refractivity contribution in [3.05, 3.63) is 40.6 Å². The van der Waals surface area contributed by atoms with E-state index in [1.165, 1.54) is 11.3 Å². The third kappa shape index (κ3) is 3.97. The highest BCUT2D eigenvalue weighted by Gasteiger charge is 2.24. The summed E-state index contributed by atoms with van der Waals surface area (Å²) in [6.07, 6.45) is 3.46. The molecule has 0 unspecified atom stereocenters. The number of aryl methyl sites for hydroxylation is 2. The molecule has 4 heterocycles. The van der Waals surface area contributed by atoms with Gasteiger partial charge < -0.3 is 19.6 Å². The number of hydrogen-bond donors (Lipinski definition) is 1. The minimum Gasteiger partial charge on any atom is -0.462 e. The standard InChI is InChI=1S/C19H18N6O5S/c1-4-28-19(27)13-9(2)30-16-14(13)15(20)23-12(24-16)7-29-18(26)11-8-31-17(22-11)10-5-21-25(3)6-10/h5-6,8H,4,7H2,1-3H3,(H2,20,23,24). The molecule has 0 radical (unpaired) electrons. The number of anilines is 1. The van der Waals surface area contributed by atoms with Crippen molar-refractivity contribution in [3.63, 3.8) is 0 Å². The van der Waals surface area contributed by atoms with Crippen LogP contribution in [0.5, 0.6) is 0 Å². The van der Waals surface area contributed by atoms with E-state index < -0.39 is 11.9 Å². The van der Waals surface area contributed by atoms with E-state index in [0.29, 0.717) is 10.8 Å². The second-order valence-electron chi connectivity index (χ2n) is 6.48. The lowest BCUT2D eigenvalue weighted by molar-refractivity contribution is 0.0455. The maximum atomic E-state index is 12.4. The number of aromatic nitrogens is 5. The average molecular weight is 442 g/mol. The van der Waals surface area contributed by atoms with Crippen LogP contribution < -0.4 is 5.73 Å². The van der Waals surface area contributed by atoms with E-state index >= 15 is 0 Å². The predicted molar refractivity (Wildman–Crippen MR) is 110 cm³/mol. The highest BCUT2D eigenvalue weighted by Crippen LogP contribution is 2.29. The lowest BCUT2D eigenvalue weighted by Gasteiger charge is -2.04. The Hall–Kier alpha value is -3.80. The number of esters is 2. The zero-order valence-corrected chi connectivity index (χ0v) is 17.7. The fraction of sp³-hybridized carbons (Fsp3) is 0.263. The molecule has 0 fully saturated rings. The van der Waals surface area contributed by atoms with Crippen molar-refractivity contribution in [2.45, 2.75) is 20.5 Å². The van der Waals surface area contributed by atoms with Crippen molar-refractivity contribution in [3.8, 4) is 10.6 Å². The van der Waals surface area contributed by atoms with Crippen LogP contribution in [-0.2, 0) is 23.1 Å². The van der Waals surface area contributed by atoms with Crippen LogP contribution in [0.4, 0.5) is 5.82 Å². The molecule has 0 aliphatic heterocycles. The number of ether oxygens (including phenoxy) is 2. The van der Waals surface area contributed by atoms with Gasteiger partial charge in [-0.1, -0.05) is 0 Å². The normalized spacial score (nSPS) is 11.1. The number of nitrogen functional groups attached to an aromatic ring is 1. The van der Waals surface area contributed by atoms with E-state index in [4.69, 9.17) is 19.6 Å². The number of fused-ring (bicyclic) bond motifs is 1. The van der Waals surface area contributed by atoms with Gasteiger partial charge in [-0.2, -0.15) is 10.1 Å².